The number of ether oxygens (including phenoxy) is 2. The van der Waals surface area contributed by atoms with E-state index in [2.05, 4.69) is 11.9 Å². The second kappa shape index (κ2) is 7.53. The number of nitrogens with zero attached hydrogens (tertiary/aromatic N) is 1. The molecule has 0 radical (unpaired) electrons. The molecule has 4 rings (SSSR count). The van der Waals surface area contributed by atoms with Gasteiger partial charge in [-0.2, -0.15) is 0 Å². The maximum atomic E-state index is 10.2. The number of pyridine rings is 1. The fourth-order valence-electron chi connectivity index (χ4n) is 3.35. The van der Waals surface area contributed by atoms with Crippen LogP contribution < -0.4 is 9.47 Å². The van der Waals surface area contributed by atoms with Crippen LogP contribution in [0.15, 0.2) is 30.3 Å². The molecule has 1 N–H and O–H groups in total. The number of aromatic nitrogens is 1. The summed E-state index contributed by atoms with van der Waals surface area (Å²) in [6.07, 6.45) is 4.83. The Morgan fingerprint density at radius 2 is 2.04 bits per heavy atom. The van der Waals surface area contributed by atoms with Gasteiger partial charge in [0.15, 0.2) is 5.75 Å². The Morgan fingerprint density at radius 3 is 2.82 bits per heavy atom. The van der Waals surface area contributed by atoms with Gasteiger partial charge in [-0.25, -0.2) is 4.98 Å². The number of phenols is 1. The van der Waals surface area contributed by atoms with Gasteiger partial charge in [-0.15, -0.1) is 0 Å². The molecule has 1 atom stereocenters. The van der Waals surface area contributed by atoms with Crippen LogP contribution in [-0.4, -0.2) is 22.8 Å². The van der Waals surface area contributed by atoms with E-state index in [1.165, 1.54) is 6.07 Å². The first-order valence-electron chi connectivity index (χ1n) is 9.08. The predicted octanol–water partition coefficient (Wildman–Crippen LogP) is 6.14. The van der Waals surface area contributed by atoms with Gasteiger partial charge in [0.2, 0.25) is 0 Å². The minimum atomic E-state index is -0.0776. The number of hydrogen-bond donors (Lipinski definition) is 1. The summed E-state index contributed by atoms with van der Waals surface area (Å²) in [6.45, 7) is 4.59. The monoisotopic (exact) mass is 415 g/mol. The molecule has 2 heterocycles. The minimum Gasteiger partial charge on any atom is -0.504 e. The van der Waals surface area contributed by atoms with Gasteiger partial charge in [-0.1, -0.05) is 23.2 Å². The first-order chi connectivity index (χ1) is 13.5. The van der Waals surface area contributed by atoms with Gasteiger partial charge in [0.1, 0.15) is 23.1 Å². The Balaban J connectivity index is 1.73. The third kappa shape index (κ3) is 3.50. The largest absolute Gasteiger partial charge is 0.504 e. The fraction of sp³-hybridized carbons (Fsp3) is 0.227. The SMILES string of the molecule is CCOc1cc2c(cc1/C=C/c1ccc3c(Cl)cc(Cl)c(O)c3n1)OC(C)C2. The van der Waals surface area contributed by atoms with Crippen LogP contribution in [0, 0.1) is 0 Å². The molecule has 0 fully saturated rings. The molecular formula is C22H19Cl2NO3. The molecule has 4 nitrogen and oxygen atoms in total. The number of fused-ring (bicyclic) bond motifs is 2. The van der Waals surface area contributed by atoms with E-state index in [0.717, 1.165) is 29.0 Å². The van der Waals surface area contributed by atoms with Gasteiger partial charge in [0.05, 0.1) is 22.3 Å². The summed E-state index contributed by atoms with van der Waals surface area (Å²) < 4.78 is 11.7. The van der Waals surface area contributed by atoms with Crippen LogP contribution in [0.5, 0.6) is 17.2 Å². The molecule has 0 bridgehead atoms. The molecule has 1 unspecified atom stereocenters. The highest BCUT2D eigenvalue weighted by Crippen LogP contribution is 2.37. The van der Waals surface area contributed by atoms with Gasteiger partial charge in [-0.05, 0) is 56.3 Å². The van der Waals surface area contributed by atoms with E-state index in [1.54, 1.807) is 0 Å². The Hall–Kier alpha value is -2.43. The molecule has 0 saturated heterocycles. The molecule has 2 aromatic carbocycles. The zero-order valence-electron chi connectivity index (χ0n) is 15.5. The Morgan fingerprint density at radius 1 is 1.21 bits per heavy atom. The maximum absolute atomic E-state index is 10.2. The second-order valence-corrected chi connectivity index (χ2v) is 7.53. The molecular weight excluding hydrogens is 397 g/mol. The van der Waals surface area contributed by atoms with Crippen LogP contribution in [0.25, 0.3) is 23.1 Å². The van der Waals surface area contributed by atoms with Crippen LogP contribution in [0.3, 0.4) is 0 Å². The van der Waals surface area contributed by atoms with Crippen molar-refractivity contribution >= 4 is 46.3 Å². The third-order valence-corrected chi connectivity index (χ3v) is 5.24. The van der Waals surface area contributed by atoms with E-state index in [0.29, 0.717) is 28.2 Å². The zero-order valence-corrected chi connectivity index (χ0v) is 17.0. The quantitative estimate of drug-likeness (QED) is 0.555. The van der Waals surface area contributed by atoms with Crippen molar-refractivity contribution in [3.8, 4) is 17.2 Å². The molecule has 1 aliphatic heterocycles. The standard InChI is InChI=1S/C22H19Cl2NO3/c1-3-27-19-10-14-8-12(2)28-20(14)9-13(19)4-5-15-6-7-16-17(23)11-18(24)22(26)21(16)25-15/h4-7,9-12,26H,3,8H2,1-2H3/b5-4+. The van der Waals surface area contributed by atoms with E-state index < -0.39 is 0 Å². The average molecular weight is 416 g/mol. The predicted molar refractivity (Wildman–Crippen MR) is 114 cm³/mol. The number of phenolic OH excluding ortho intramolecular Hbond substituents is 1. The van der Waals surface area contributed by atoms with E-state index >= 15 is 0 Å². The van der Waals surface area contributed by atoms with Crippen molar-refractivity contribution in [1.29, 1.82) is 0 Å². The summed E-state index contributed by atoms with van der Waals surface area (Å²) in [4.78, 5) is 4.49. The molecule has 1 aliphatic rings. The van der Waals surface area contributed by atoms with Crippen molar-refractivity contribution in [2.24, 2.45) is 0 Å². The molecule has 144 valence electrons. The molecule has 0 amide bonds. The Labute approximate surface area is 173 Å². The Bertz CT molecular complexity index is 1100. The van der Waals surface area contributed by atoms with Crippen molar-refractivity contribution in [3.05, 3.63) is 57.2 Å². The van der Waals surface area contributed by atoms with Crippen LogP contribution in [-0.2, 0) is 6.42 Å². The topological polar surface area (TPSA) is 51.6 Å². The van der Waals surface area contributed by atoms with E-state index in [1.807, 2.05) is 43.3 Å². The summed E-state index contributed by atoms with van der Waals surface area (Å²) in [5.74, 6) is 1.62. The number of benzene rings is 2. The number of rotatable bonds is 4. The van der Waals surface area contributed by atoms with Crippen LogP contribution in [0.2, 0.25) is 10.0 Å². The number of aromatic hydroxyl groups is 1. The van der Waals surface area contributed by atoms with Crippen LogP contribution in [0.4, 0.5) is 0 Å². The number of hydrogen-bond acceptors (Lipinski definition) is 4. The lowest BCUT2D eigenvalue weighted by atomic mass is 10.1. The highest BCUT2D eigenvalue weighted by Gasteiger charge is 2.21. The highest BCUT2D eigenvalue weighted by molar-refractivity contribution is 6.39. The molecule has 3 aromatic rings. The summed E-state index contributed by atoms with van der Waals surface area (Å²) in [7, 11) is 0. The van der Waals surface area contributed by atoms with Crippen molar-refractivity contribution in [1.82, 2.24) is 4.98 Å². The minimum absolute atomic E-state index is 0.0776. The summed E-state index contributed by atoms with van der Waals surface area (Å²) in [5, 5.41) is 11.5. The average Bonchev–Trinajstić information content (AvgIpc) is 3.03. The molecule has 28 heavy (non-hydrogen) atoms. The van der Waals surface area contributed by atoms with Gasteiger partial charge in [0, 0.05) is 22.9 Å². The van der Waals surface area contributed by atoms with E-state index in [4.69, 9.17) is 32.7 Å². The van der Waals surface area contributed by atoms with Crippen LogP contribution >= 0.6 is 23.2 Å². The first kappa shape index (κ1) is 18.9. The van der Waals surface area contributed by atoms with E-state index in [9.17, 15) is 5.11 Å². The summed E-state index contributed by atoms with van der Waals surface area (Å²) >= 11 is 12.2. The number of halogens is 2. The van der Waals surface area contributed by atoms with Crippen molar-refractivity contribution in [3.63, 3.8) is 0 Å². The Kier molecular flexibility index (Phi) is 5.09. The van der Waals surface area contributed by atoms with Gasteiger partial charge in [0.25, 0.3) is 0 Å². The highest BCUT2D eigenvalue weighted by atomic mass is 35.5. The van der Waals surface area contributed by atoms with Crippen molar-refractivity contribution < 1.29 is 14.6 Å². The molecule has 1 aromatic heterocycles. The third-order valence-electron chi connectivity index (χ3n) is 4.64. The molecule has 0 spiro atoms. The molecule has 0 aliphatic carbocycles. The lowest BCUT2D eigenvalue weighted by Crippen LogP contribution is -2.05. The maximum Gasteiger partial charge on any atom is 0.160 e. The van der Waals surface area contributed by atoms with Crippen molar-refractivity contribution in [2.45, 2.75) is 26.4 Å². The summed E-state index contributed by atoms with van der Waals surface area (Å²) in [5.41, 5.74) is 3.10. The smallest absolute Gasteiger partial charge is 0.160 e. The first-order valence-corrected chi connectivity index (χ1v) is 9.84. The van der Waals surface area contributed by atoms with E-state index in [-0.39, 0.29) is 16.9 Å². The van der Waals surface area contributed by atoms with Crippen molar-refractivity contribution in [2.75, 3.05) is 6.61 Å². The summed E-state index contributed by atoms with van der Waals surface area (Å²) in [6, 6.07) is 9.20. The molecule has 6 heteroatoms. The lowest BCUT2D eigenvalue weighted by molar-refractivity contribution is 0.254. The van der Waals surface area contributed by atoms with Gasteiger partial charge >= 0.3 is 0 Å². The fourth-order valence-corrected chi connectivity index (χ4v) is 3.87. The zero-order chi connectivity index (χ0) is 19.8. The van der Waals surface area contributed by atoms with Crippen LogP contribution in [0.1, 0.15) is 30.7 Å². The van der Waals surface area contributed by atoms with Gasteiger partial charge < -0.3 is 14.6 Å². The second-order valence-electron chi connectivity index (χ2n) is 6.72. The molecule has 0 saturated carbocycles. The van der Waals surface area contributed by atoms with Gasteiger partial charge in [-0.3, -0.25) is 0 Å². The normalized spacial score (nSPS) is 15.8. The lowest BCUT2D eigenvalue weighted by Gasteiger charge is -2.10.